The first kappa shape index (κ1) is 43.2. The maximum absolute atomic E-state index is 14.4. The number of nitrogens with zero attached hydrogens (tertiary/aromatic N) is 4. The van der Waals surface area contributed by atoms with Gasteiger partial charge >= 0.3 is 5.97 Å². The monoisotopic (exact) mass is 803 g/mol. The van der Waals surface area contributed by atoms with Crippen LogP contribution < -0.4 is 27.0 Å². The van der Waals surface area contributed by atoms with Crippen molar-refractivity contribution in [1.29, 1.82) is 0 Å². The number of carboxylic acids is 1. The van der Waals surface area contributed by atoms with Crippen LogP contribution in [0.4, 0.5) is 0 Å². The van der Waals surface area contributed by atoms with Gasteiger partial charge in [0.05, 0.1) is 25.1 Å². The van der Waals surface area contributed by atoms with E-state index in [4.69, 9.17) is 10.5 Å². The first-order valence-electron chi connectivity index (χ1n) is 19.7. The molecular weight excluding hydrogens is 750 g/mol. The van der Waals surface area contributed by atoms with E-state index in [1.807, 2.05) is 56.3 Å². The van der Waals surface area contributed by atoms with E-state index in [2.05, 4.69) is 31.6 Å². The number of aryl methyl sites for hydroxylation is 1. The van der Waals surface area contributed by atoms with Gasteiger partial charge < -0.3 is 41.7 Å². The number of carbonyl (C=O) groups is 7. The highest BCUT2D eigenvalue weighted by atomic mass is 16.5. The first-order chi connectivity index (χ1) is 27.8. The summed E-state index contributed by atoms with van der Waals surface area (Å²) in [4.78, 5) is 94.8. The molecule has 0 radical (unpaired) electrons. The number of benzene rings is 2. The minimum Gasteiger partial charge on any atom is -0.481 e. The maximum Gasteiger partial charge on any atom is 0.303 e. The number of hydrogen-bond donors (Lipinski definition) is 6. The summed E-state index contributed by atoms with van der Waals surface area (Å²) in [6.07, 6.45) is 2.81. The number of carbonyl (C=O) groups excluding carboxylic acids is 6. The molecule has 0 spiro atoms. The summed E-state index contributed by atoms with van der Waals surface area (Å²) in [5, 5.41) is 30.2. The molecule has 2 aromatic carbocycles. The lowest BCUT2D eigenvalue weighted by molar-refractivity contribution is -0.143. The van der Waals surface area contributed by atoms with E-state index in [-0.39, 0.29) is 57.8 Å². The molecule has 6 amide bonds. The van der Waals surface area contributed by atoms with Gasteiger partial charge in [-0.15, -0.1) is 5.10 Å². The maximum atomic E-state index is 14.4. The molecule has 7 N–H and O–H groups in total. The Morgan fingerprint density at radius 2 is 1.74 bits per heavy atom. The number of ether oxygens (including phenoxy) is 1. The minimum atomic E-state index is -1.34. The number of hydrogen-bond acceptors (Lipinski definition) is 10. The second-order valence-electron chi connectivity index (χ2n) is 15.2. The summed E-state index contributed by atoms with van der Waals surface area (Å²) in [6.45, 7) is 3.89. The number of fused-ring (bicyclic) bond motifs is 3. The predicted octanol–water partition coefficient (Wildman–Crippen LogP) is 0.701. The summed E-state index contributed by atoms with van der Waals surface area (Å²) >= 11 is 0. The van der Waals surface area contributed by atoms with Crippen LogP contribution in [0.1, 0.15) is 76.5 Å². The van der Waals surface area contributed by atoms with Gasteiger partial charge in [0.25, 0.3) is 0 Å². The van der Waals surface area contributed by atoms with Crippen molar-refractivity contribution in [3.8, 4) is 0 Å². The summed E-state index contributed by atoms with van der Waals surface area (Å²) in [6, 6.07) is 7.26. The van der Waals surface area contributed by atoms with Crippen molar-refractivity contribution in [1.82, 2.24) is 41.2 Å². The smallest absolute Gasteiger partial charge is 0.303 e. The second kappa shape index (κ2) is 20.5. The largest absolute Gasteiger partial charge is 0.481 e. The third kappa shape index (κ3) is 11.8. The van der Waals surface area contributed by atoms with Gasteiger partial charge in [-0.3, -0.25) is 33.6 Å². The van der Waals surface area contributed by atoms with Crippen molar-refractivity contribution in [2.24, 2.45) is 11.7 Å². The molecule has 0 saturated carbocycles. The second-order valence-corrected chi connectivity index (χ2v) is 15.2. The molecule has 2 aliphatic rings. The standard InChI is InChI=1S/C40H53N9O9/c1-24(2)19-30(36(41)53)44-38(55)32-23-58-22-27-21-42-47-49(27)18-6-5-14-34(50)43-29(15-16-35(51)52)40(57)48-17-8-13-33(48)39(56)45-31(37(54)46-32)20-26-11-7-10-25-9-3-4-12-28(25)26/h3-4,7,9-12,21,24,29-33H,5-6,8,13-20,22-23H2,1-2H3,(H2,41,53)(H,43,50)(H,44,55)(H,45,56)(H,46,54)(H,51,52)/t29-,30+,31+,32+,33+/m1/s1. The fourth-order valence-corrected chi connectivity index (χ4v) is 7.32. The van der Waals surface area contributed by atoms with Crippen LogP contribution in [0.3, 0.4) is 0 Å². The number of carboxylic acid groups (broad SMARTS) is 1. The van der Waals surface area contributed by atoms with E-state index >= 15 is 0 Å². The molecule has 0 aliphatic carbocycles. The normalized spacial score (nSPS) is 22.2. The van der Waals surface area contributed by atoms with Gasteiger partial charge in [-0.2, -0.15) is 0 Å². The van der Waals surface area contributed by atoms with Gasteiger partial charge in [0, 0.05) is 32.4 Å². The summed E-state index contributed by atoms with van der Waals surface area (Å²) < 4.78 is 7.55. The van der Waals surface area contributed by atoms with Gasteiger partial charge in [0.1, 0.15) is 30.2 Å². The van der Waals surface area contributed by atoms with Gasteiger partial charge in [-0.05, 0) is 60.8 Å². The lowest BCUT2D eigenvalue weighted by Gasteiger charge is -2.30. The fourth-order valence-electron chi connectivity index (χ4n) is 7.32. The van der Waals surface area contributed by atoms with Gasteiger partial charge in [0.15, 0.2) is 0 Å². The summed E-state index contributed by atoms with van der Waals surface area (Å²) in [5.41, 5.74) is 6.92. The van der Waals surface area contributed by atoms with Crippen LogP contribution in [0.2, 0.25) is 0 Å². The molecular formula is C40H53N9O9. The van der Waals surface area contributed by atoms with Crippen molar-refractivity contribution < 1.29 is 43.4 Å². The molecule has 0 unspecified atom stereocenters. The van der Waals surface area contributed by atoms with Gasteiger partial charge in [-0.25, -0.2) is 4.68 Å². The number of rotatable bonds is 10. The molecule has 3 aromatic rings. The van der Waals surface area contributed by atoms with Crippen LogP contribution >= 0.6 is 0 Å². The van der Waals surface area contributed by atoms with E-state index in [0.717, 1.165) is 16.3 Å². The number of nitrogens with two attached hydrogens (primary N) is 1. The number of amides is 6. The molecule has 58 heavy (non-hydrogen) atoms. The summed E-state index contributed by atoms with van der Waals surface area (Å²) in [5.74, 6) is -5.02. The van der Waals surface area contributed by atoms with E-state index in [1.165, 1.54) is 11.1 Å². The van der Waals surface area contributed by atoms with Gasteiger partial charge in [0.2, 0.25) is 35.4 Å². The topological polar surface area (TPSA) is 257 Å². The first-order valence-corrected chi connectivity index (χ1v) is 19.7. The highest BCUT2D eigenvalue weighted by molar-refractivity contribution is 5.97. The molecule has 1 saturated heterocycles. The number of aliphatic carboxylic acids is 1. The van der Waals surface area contributed by atoms with E-state index in [9.17, 15) is 38.7 Å². The van der Waals surface area contributed by atoms with Crippen LogP contribution in [0.5, 0.6) is 0 Å². The summed E-state index contributed by atoms with van der Waals surface area (Å²) in [7, 11) is 0. The van der Waals surface area contributed by atoms with Crippen LogP contribution in [0.15, 0.2) is 48.7 Å². The molecule has 0 bridgehead atoms. The fraction of sp³-hybridized carbons (Fsp3) is 0.525. The Hall–Kier alpha value is -5.91. The zero-order chi connectivity index (χ0) is 41.8. The lowest BCUT2D eigenvalue weighted by atomic mass is 9.97. The molecule has 1 fully saturated rings. The molecule has 1 aromatic heterocycles. The number of nitrogens with one attached hydrogen (secondary N) is 4. The van der Waals surface area contributed by atoms with Crippen molar-refractivity contribution in [3.05, 3.63) is 59.9 Å². The number of aromatic nitrogens is 3. The minimum absolute atomic E-state index is 0.00295. The van der Waals surface area contributed by atoms with E-state index in [1.54, 1.807) is 4.68 Å². The average Bonchev–Trinajstić information content (AvgIpc) is 3.86. The third-order valence-electron chi connectivity index (χ3n) is 10.3. The van der Waals surface area contributed by atoms with Crippen LogP contribution in [0.25, 0.3) is 10.8 Å². The Bertz CT molecular complexity index is 1960. The highest BCUT2D eigenvalue weighted by Crippen LogP contribution is 2.23. The Labute approximate surface area is 336 Å². The molecule has 312 valence electrons. The Morgan fingerprint density at radius 1 is 0.966 bits per heavy atom. The average molecular weight is 804 g/mol. The van der Waals surface area contributed by atoms with Crippen molar-refractivity contribution in [3.63, 3.8) is 0 Å². The third-order valence-corrected chi connectivity index (χ3v) is 10.3. The Balaban J connectivity index is 1.50. The lowest BCUT2D eigenvalue weighted by Crippen LogP contribution is -2.60. The molecule has 18 heteroatoms. The van der Waals surface area contributed by atoms with E-state index in [0.29, 0.717) is 31.5 Å². The van der Waals surface area contributed by atoms with Crippen LogP contribution in [0, 0.1) is 5.92 Å². The zero-order valence-corrected chi connectivity index (χ0v) is 32.9. The molecule has 5 rings (SSSR count). The SMILES string of the molecule is CC(C)C[C@H](NC(=O)[C@@H]1COCc2cnnn2CCCCC(=O)N[C@H](CCC(=O)O)C(=O)N2CCC[C@H]2C(=O)N[C@@H](Cc2cccc3ccccc23)C(=O)N1)C(N)=O. The van der Waals surface area contributed by atoms with E-state index < -0.39 is 78.0 Å². The van der Waals surface area contributed by atoms with Gasteiger partial charge in [-0.1, -0.05) is 61.5 Å². The molecule has 3 heterocycles. The Kier molecular flexibility index (Phi) is 15.3. The van der Waals surface area contributed by atoms with Crippen molar-refractivity contribution in [2.45, 2.75) is 115 Å². The molecule has 5 atom stereocenters. The molecule has 2 aliphatic heterocycles. The van der Waals surface area contributed by atoms with Crippen molar-refractivity contribution in [2.75, 3.05) is 13.2 Å². The Morgan fingerprint density at radius 3 is 2.50 bits per heavy atom. The number of primary amides is 1. The highest BCUT2D eigenvalue weighted by Gasteiger charge is 2.39. The molecule has 18 nitrogen and oxygen atoms in total. The van der Waals surface area contributed by atoms with Crippen molar-refractivity contribution >= 4 is 52.2 Å². The zero-order valence-electron chi connectivity index (χ0n) is 32.9. The van der Waals surface area contributed by atoms with Crippen LogP contribution in [-0.4, -0.2) is 110 Å². The quantitative estimate of drug-likeness (QED) is 0.166. The predicted molar refractivity (Wildman–Crippen MR) is 209 cm³/mol. The van der Waals surface area contributed by atoms with Crippen LogP contribution in [-0.2, 0) is 57.9 Å².